The van der Waals surface area contributed by atoms with Crippen molar-refractivity contribution in [1.82, 2.24) is 0 Å². The molecule has 3 aromatic rings. The monoisotopic (exact) mass is 465 g/mol. The van der Waals surface area contributed by atoms with Gasteiger partial charge in [-0.1, -0.05) is 70.2 Å². The van der Waals surface area contributed by atoms with Crippen molar-refractivity contribution in [3.8, 4) is 5.75 Å². The van der Waals surface area contributed by atoms with Gasteiger partial charge < -0.3 is 10.4 Å². The lowest BCUT2D eigenvalue weighted by atomic mass is 9.62. The molecule has 2 aliphatic carbocycles. The van der Waals surface area contributed by atoms with E-state index >= 15 is 0 Å². The summed E-state index contributed by atoms with van der Waals surface area (Å²) in [6.45, 7) is 9.53. The van der Waals surface area contributed by atoms with Gasteiger partial charge in [-0.25, -0.2) is 0 Å². The number of nitrogens with one attached hydrogen (secondary N) is 1. The molecular formula is C32H35NO2. The van der Waals surface area contributed by atoms with Crippen LogP contribution < -0.4 is 5.32 Å². The van der Waals surface area contributed by atoms with Crippen LogP contribution in [0.1, 0.15) is 81.2 Å². The highest BCUT2D eigenvalue weighted by Crippen LogP contribution is 2.55. The molecule has 0 saturated heterocycles. The molecule has 2 aliphatic rings. The van der Waals surface area contributed by atoms with Gasteiger partial charge in [-0.05, 0) is 94.7 Å². The summed E-state index contributed by atoms with van der Waals surface area (Å²) < 4.78 is 0. The van der Waals surface area contributed by atoms with Crippen molar-refractivity contribution in [3.05, 3.63) is 101 Å². The van der Waals surface area contributed by atoms with Crippen molar-refractivity contribution in [3.63, 3.8) is 0 Å². The Kier molecular flexibility index (Phi) is 5.62. The molecule has 1 amide bonds. The number of benzene rings is 3. The van der Waals surface area contributed by atoms with Crippen LogP contribution in [0.5, 0.6) is 5.75 Å². The highest BCUT2D eigenvalue weighted by Gasteiger charge is 2.47. The fourth-order valence-electron chi connectivity index (χ4n) is 5.60. The van der Waals surface area contributed by atoms with Crippen LogP contribution >= 0.6 is 0 Å². The summed E-state index contributed by atoms with van der Waals surface area (Å²) in [6, 6.07) is 22.3. The third kappa shape index (κ3) is 4.52. The smallest absolute Gasteiger partial charge is 0.248 e. The van der Waals surface area contributed by atoms with Gasteiger partial charge in [-0.15, -0.1) is 0 Å². The molecule has 0 aliphatic heterocycles. The van der Waals surface area contributed by atoms with Crippen molar-refractivity contribution in [2.24, 2.45) is 0 Å². The molecule has 0 radical (unpaired) electrons. The lowest BCUT2D eigenvalue weighted by Gasteiger charge is -2.42. The predicted molar refractivity (Wildman–Crippen MR) is 144 cm³/mol. The van der Waals surface area contributed by atoms with E-state index in [1.165, 1.54) is 35.1 Å². The number of phenolic OH excluding ortho intramolecular Hbond substituents is 1. The number of hydrogen-bond donors (Lipinski definition) is 2. The minimum Gasteiger partial charge on any atom is -0.508 e. The summed E-state index contributed by atoms with van der Waals surface area (Å²) in [5.74, 6) is -0.0164. The number of phenols is 1. The molecular weight excluding hydrogens is 430 g/mol. The third-order valence-electron chi connectivity index (χ3n) is 8.16. The van der Waals surface area contributed by atoms with Crippen LogP contribution in [-0.4, -0.2) is 11.0 Å². The number of fused-ring (bicyclic) bond motifs is 1. The van der Waals surface area contributed by atoms with Gasteiger partial charge in [0.15, 0.2) is 0 Å². The van der Waals surface area contributed by atoms with Crippen molar-refractivity contribution in [1.29, 1.82) is 0 Å². The topological polar surface area (TPSA) is 49.3 Å². The van der Waals surface area contributed by atoms with Gasteiger partial charge in [-0.3, -0.25) is 4.79 Å². The molecule has 0 bridgehead atoms. The Hall–Kier alpha value is -3.33. The van der Waals surface area contributed by atoms with E-state index in [0.29, 0.717) is 5.69 Å². The first-order chi connectivity index (χ1) is 16.6. The largest absolute Gasteiger partial charge is 0.508 e. The number of hydrogen-bond acceptors (Lipinski definition) is 2. The Bertz CT molecular complexity index is 1290. The van der Waals surface area contributed by atoms with Gasteiger partial charge in [0.05, 0.1) is 0 Å². The van der Waals surface area contributed by atoms with Crippen LogP contribution in [0, 0.1) is 0 Å². The number of carbonyl (C=O) groups excluding carboxylic acids is 1. The van der Waals surface area contributed by atoms with E-state index in [1.54, 1.807) is 30.3 Å². The van der Waals surface area contributed by atoms with Gasteiger partial charge in [0.25, 0.3) is 0 Å². The second-order valence-corrected chi connectivity index (χ2v) is 11.6. The summed E-state index contributed by atoms with van der Waals surface area (Å²) in [5, 5.41) is 12.2. The highest BCUT2D eigenvalue weighted by molar-refractivity contribution is 6.01. The van der Waals surface area contributed by atoms with E-state index in [9.17, 15) is 9.90 Å². The molecule has 3 heteroatoms. The minimum atomic E-state index is -0.193. The van der Waals surface area contributed by atoms with Gasteiger partial charge in [0.2, 0.25) is 5.91 Å². The Morgan fingerprint density at radius 1 is 0.800 bits per heavy atom. The molecule has 1 fully saturated rings. The molecule has 35 heavy (non-hydrogen) atoms. The molecule has 0 unspecified atom stereocenters. The molecule has 3 nitrogen and oxygen atoms in total. The van der Waals surface area contributed by atoms with Crippen molar-refractivity contribution in [2.45, 2.75) is 69.6 Å². The number of rotatable bonds is 5. The molecule has 5 rings (SSSR count). The van der Waals surface area contributed by atoms with E-state index in [4.69, 9.17) is 0 Å². The van der Waals surface area contributed by atoms with Gasteiger partial charge in [-0.2, -0.15) is 0 Å². The summed E-state index contributed by atoms with van der Waals surface area (Å²) in [5.41, 5.74) is 7.95. The van der Waals surface area contributed by atoms with Crippen molar-refractivity contribution < 1.29 is 9.90 Å². The van der Waals surface area contributed by atoms with Crippen LogP contribution in [0.3, 0.4) is 0 Å². The zero-order chi connectivity index (χ0) is 24.8. The third-order valence-corrected chi connectivity index (χ3v) is 8.16. The van der Waals surface area contributed by atoms with Gasteiger partial charge in [0, 0.05) is 17.2 Å². The molecule has 2 N–H and O–H groups in total. The zero-order valence-corrected chi connectivity index (χ0v) is 21.2. The van der Waals surface area contributed by atoms with Crippen LogP contribution in [0.4, 0.5) is 5.69 Å². The first-order valence-electron chi connectivity index (χ1n) is 12.6. The normalized spacial score (nSPS) is 19.2. The van der Waals surface area contributed by atoms with E-state index in [0.717, 1.165) is 18.4 Å². The van der Waals surface area contributed by atoms with Gasteiger partial charge >= 0.3 is 0 Å². The SMILES string of the molecule is CC1(C)CCC(C)(C)c2cc(C3(c4cccc(/C=C\C(=O)Nc5ccc(O)cc5)c4)CC3)ccc21. The first kappa shape index (κ1) is 23.4. The summed E-state index contributed by atoms with van der Waals surface area (Å²) in [4.78, 5) is 12.4. The highest BCUT2D eigenvalue weighted by atomic mass is 16.3. The van der Waals surface area contributed by atoms with E-state index < -0.39 is 0 Å². The molecule has 0 spiro atoms. The number of carbonyl (C=O) groups is 1. The number of anilines is 1. The second-order valence-electron chi connectivity index (χ2n) is 11.6. The van der Waals surface area contributed by atoms with Crippen LogP contribution in [0.15, 0.2) is 72.8 Å². The molecule has 0 atom stereocenters. The summed E-state index contributed by atoms with van der Waals surface area (Å²) in [6.07, 6.45) is 8.19. The van der Waals surface area contributed by atoms with Crippen LogP contribution in [-0.2, 0) is 21.0 Å². The Labute approximate surface area is 208 Å². The maximum absolute atomic E-state index is 12.4. The van der Waals surface area contributed by atoms with Crippen LogP contribution in [0.25, 0.3) is 6.08 Å². The Balaban J connectivity index is 1.39. The van der Waals surface area contributed by atoms with E-state index in [-0.39, 0.29) is 27.9 Å². The summed E-state index contributed by atoms with van der Waals surface area (Å²) >= 11 is 0. The fourth-order valence-corrected chi connectivity index (χ4v) is 5.60. The molecule has 1 saturated carbocycles. The standard InChI is InChI=1S/C32H35NO2/c1-30(2)16-17-31(3,4)28-21-24(9-14-27(28)30)32(18-19-32)23-7-5-6-22(20-23)8-15-29(35)33-25-10-12-26(34)13-11-25/h5-15,20-21,34H,16-19H2,1-4H3,(H,33,35)/b15-8-. The van der Waals surface area contributed by atoms with Crippen LogP contribution in [0.2, 0.25) is 0 Å². The number of amides is 1. The Morgan fingerprint density at radius 2 is 1.46 bits per heavy atom. The number of aromatic hydroxyl groups is 1. The average Bonchev–Trinajstić information content (AvgIpc) is 3.65. The molecule has 0 heterocycles. The zero-order valence-electron chi connectivity index (χ0n) is 21.2. The van der Waals surface area contributed by atoms with Gasteiger partial charge in [0.1, 0.15) is 5.75 Å². The van der Waals surface area contributed by atoms with E-state index in [2.05, 4.69) is 69.4 Å². The average molecular weight is 466 g/mol. The minimum absolute atomic E-state index is 0.0743. The maximum atomic E-state index is 12.4. The predicted octanol–water partition coefficient (Wildman–Crippen LogP) is 7.47. The second kappa shape index (κ2) is 8.41. The summed E-state index contributed by atoms with van der Waals surface area (Å²) in [7, 11) is 0. The van der Waals surface area contributed by atoms with Crippen molar-refractivity contribution in [2.75, 3.05) is 5.32 Å². The molecule has 180 valence electrons. The quantitative estimate of drug-likeness (QED) is 0.303. The first-order valence-corrected chi connectivity index (χ1v) is 12.6. The lowest BCUT2D eigenvalue weighted by Crippen LogP contribution is -2.34. The molecule has 0 aromatic heterocycles. The van der Waals surface area contributed by atoms with E-state index in [1.807, 2.05) is 12.1 Å². The maximum Gasteiger partial charge on any atom is 0.248 e. The fraction of sp³-hybridized carbons (Fsp3) is 0.344. The Morgan fingerprint density at radius 3 is 2.14 bits per heavy atom. The van der Waals surface area contributed by atoms with Crippen molar-refractivity contribution >= 4 is 17.7 Å². The lowest BCUT2D eigenvalue weighted by molar-refractivity contribution is -0.111. The molecule has 3 aromatic carbocycles.